The fourth-order valence-corrected chi connectivity index (χ4v) is 3.12. The van der Waals surface area contributed by atoms with Gasteiger partial charge in [0, 0.05) is 4.70 Å². The van der Waals surface area contributed by atoms with Crippen LogP contribution in [0.5, 0.6) is 0 Å². The van der Waals surface area contributed by atoms with Crippen LogP contribution in [-0.4, -0.2) is 11.1 Å². The van der Waals surface area contributed by atoms with Crippen molar-refractivity contribution in [3.63, 3.8) is 0 Å². The van der Waals surface area contributed by atoms with Gasteiger partial charge in [0.1, 0.15) is 0 Å². The van der Waals surface area contributed by atoms with Crippen LogP contribution in [0.25, 0.3) is 10.1 Å². The Kier molecular flexibility index (Phi) is 3.05. The number of benzene rings is 2. The van der Waals surface area contributed by atoms with E-state index in [0.717, 1.165) is 12.0 Å². The van der Waals surface area contributed by atoms with Crippen molar-refractivity contribution in [3.05, 3.63) is 70.6 Å². The molecular weight excluding hydrogens is 256 g/mol. The van der Waals surface area contributed by atoms with Gasteiger partial charge in [0.15, 0.2) is 0 Å². The minimum absolute atomic E-state index is 0.332. The molecule has 0 saturated heterocycles. The molecule has 0 aliphatic heterocycles. The van der Waals surface area contributed by atoms with E-state index < -0.39 is 5.97 Å². The Bertz CT molecular complexity index is 726. The predicted molar refractivity (Wildman–Crippen MR) is 78.0 cm³/mol. The number of aromatic carboxylic acids is 1. The molecule has 2 aromatic carbocycles. The average molecular weight is 268 g/mol. The van der Waals surface area contributed by atoms with Crippen molar-refractivity contribution in [2.75, 3.05) is 0 Å². The number of fused-ring (bicyclic) bond motifs is 1. The van der Waals surface area contributed by atoms with E-state index in [1.54, 1.807) is 23.5 Å². The fourth-order valence-electron chi connectivity index (χ4n) is 2.15. The third kappa shape index (κ3) is 2.37. The first-order valence-electron chi connectivity index (χ1n) is 6.01. The standard InChI is InChI=1S/C16H12O2S/c17-16(18)12-7-5-11(6-8-12)9-13-10-19-15-4-2-1-3-14(13)15/h1-8,10H,9H2,(H,17,18). The van der Waals surface area contributed by atoms with Gasteiger partial charge in [0.25, 0.3) is 0 Å². The third-order valence-corrected chi connectivity index (χ3v) is 4.17. The minimum Gasteiger partial charge on any atom is -0.478 e. The summed E-state index contributed by atoms with van der Waals surface area (Å²) in [6, 6.07) is 15.4. The number of thiophene rings is 1. The van der Waals surface area contributed by atoms with Crippen LogP contribution < -0.4 is 0 Å². The van der Waals surface area contributed by atoms with E-state index >= 15 is 0 Å². The summed E-state index contributed by atoms with van der Waals surface area (Å²) in [5, 5.41) is 12.3. The fraction of sp³-hybridized carbons (Fsp3) is 0.0625. The molecule has 0 fully saturated rings. The highest BCUT2D eigenvalue weighted by Gasteiger charge is 2.06. The normalized spacial score (nSPS) is 10.7. The maximum atomic E-state index is 10.8. The second-order valence-electron chi connectivity index (χ2n) is 4.44. The van der Waals surface area contributed by atoms with Crippen LogP contribution in [0, 0.1) is 0 Å². The van der Waals surface area contributed by atoms with Crippen LogP contribution in [-0.2, 0) is 6.42 Å². The van der Waals surface area contributed by atoms with Gasteiger partial charge in [-0.15, -0.1) is 11.3 Å². The molecule has 0 spiro atoms. The van der Waals surface area contributed by atoms with E-state index in [-0.39, 0.29) is 0 Å². The molecule has 0 atom stereocenters. The zero-order valence-corrected chi connectivity index (χ0v) is 11.0. The van der Waals surface area contributed by atoms with E-state index in [1.807, 2.05) is 24.3 Å². The second kappa shape index (κ2) is 4.86. The van der Waals surface area contributed by atoms with E-state index in [0.29, 0.717) is 5.56 Å². The highest BCUT2D eigenvalue weighted by atomic mass is 32.1. The van der Waals surface area contributed by atoms with Crippen molar-refractivity contribution < 1.29 is 9.90 Å². The van der Waals surface area contributed by atoms with Crippen molar-refractivity contribution in [3.8, 4) is 0 Å². The quantitative estimate of drug-likeness (QED) is 0.773. The topological polar surface area (TPSA) is 37.3 Å². The van der Waals surface area contributed by atoms with Crippen molar-refractivity contribution in [1.82, 2.24) is 0 Å². The first-order valence-corrected chi connectivity index (χ1v) is 6.89. The van der Waals surface area contributed by atoms with E-state index in [9.17, 15) is 4.79 Å². The molecule has 1 heterocycles. The number of carboxylic acids is 1. The zero-order valence-electron chi connectivity index (χ0n) is 10.2. The summed E-state index contributed by atoms with van der Waals surface area (Å²) >= 11 is 1.75. The second-order valence-corrected chi connectivity index (χ2v) is 5.35. The SMILES string of the molecule is O=C(O)c1ccc(Cc2csc3ccccc23)cc1. The molecule has 0 radical (unpaired) electrons. The van der Waals surface area contributed by atoms with Crippen molar-refractivity contribution in [2.45, 2.75) is 6.42 Å². The molecule has 3 rings (SSSR count). The maximum Gasteiger partial charge on any atom is 0.335 e. The Balaban J connectivity index is 1.90. The minimum atomic E-state index is -0.882. The molecular formula is C16H12O2S. The molecule has 0 aliphatic rings. The molecule has 94 valence electrons. The summed E-state index contributed by atoms with van der Waals surface area (Å²) in [5.74, 6) is -0.882. The smallest absolute Gasteiger partial charge is 0.335 e. The molecule has 0 unspecified atom stereocenters. The summed E-state index contributed by atoms with van der Waals surface area (Å²) in [4.78, 5) is 10.8. The Morgan fingerprint density at radius 1 is 1.05 bits per heavy atom. The summed E-state index contributed by atoms with van der Waals surface area (Å²) in [6.45, 7) is 0. The summed E-state index contributed by atoms with van der Waals surface area (Å²) < 4.78 is 1.29. The van der Waals surface area contributed by atoms with Crippen LogP contribution >= 0.6 is 11.3 Å². The lowest BCUT2D eigenvalue weighted by Crippen LogP contribution is -1.96. The van der Waals surface area contributed by atoms with Gasteiger partial charge < -0.3 is 5.11 Å². The molecule has 1 N–H and O–H groups in total. The lowest BCUT2D eigenvalue weighted by Gasteiger charge is -2.01. The molecule has 0 bridgehead atoms. The Labute approximate surface area is 114 Å². The number of carboxylic acid groups (broad SMARTS) is 1. The number of carbonyl (C=O) groups is 1. The Morgan fingerprint density at radius 3 is 2.53 bits per heavy atom. The number of hydrogen-bond acceptors (Lipinski definition) is 2. The summed E-state index contributed by atoms with van der Waals surface area (Å²) in [5.41, 5.74) is 2.76. The third-order valence-electron chi connectivity index (χ3n) is 3.16. The lowest BCUT2D eigenvalue weighted by molar-refractivity contribution is 0.0697. The molecule has 0 amide bonds. The molecule has 3 aromatic rings. The van der Waals surface area contributed by atoms with E-state index in [1.165, 1.54) is 15.6 Å². The van der Waals surface area contributed by atoms with Gasteiger partial charge in [0.05, 0.1) is 5.56 Å². The number of hydrogen-bond donors (Lipinski definition) is 1. The molecule has 0 aliphatic carbocycles. The molecule has 0 saturated carbocycles. The van der Waals surface area contributed by atoms with Gasteiger partial charge in [-0.2, -0.15) is 0 Å². The highest BCUT2D eigenvalue weighted by molar-refractivity contribution is 7.17. The Hall–Kier alpha value is -2.13. The van der Waals surface area contributed by atoms with Crippen LogP contribution in [0.3, 0.4) is 0 Å². The number of rotatable bonds is 3. The van der Waals surface area contributed by atoms with Crippen LogP contribution in [0.15, 0.2) is 53.9 Å². The maximum absolute atomic E-state index is 10.8. The van der Waals surface area contributed by atoms with Gasteiger partial charge >= 0.3 is 5.97 Å². The summed E-state index contributed by atoms with van der Waals surface area (Å²) in [7, 11) is 0. The zero-order chi connectivity index (χ0) is 13.2. The lowest BCUT2D eigenvalue weighted by atomic mass is 10.0. The first kappa shape index (κ1) is 11.9. The van der Waals surface area contributed by atoms with E-state index in [2.05, 4.69) is 17.5 Å². The van der Waals surface area contributed by atoms with Crippen LogP contribution in [0.1, 0.15) is 21.5 Å². The summed E-state index contributed by atoms with van der Waals surface area (Å²) in [6.07, 6.45) is 0.837. The van der Waals surface area contributed by atoms with Gasteiger partial charge in [-0.3, -0.25) is 0 Å². The van der Waals surface area contributed by atoms with Crippen LogP contribution in [0.2, 0.25) is 0 Å². The molecule has 3 heteroatoms. The average Bonchev–Trinajstić information content (AvgIpc) is 2.83. The molecule has 19 heavy (non-hydrogen) atoms. The first-order chi connectivity index (χ1) is 9.24. The van der Waals surface area contributed by atoms with Gasteiger partial charge in [0.2, 0.25) is 0 Å². The monoisotopic (exact) mass is 268 g/mol. The van der Waals surface area contributed by atoms with E-state index in [4.69, 9.17) is 5.11 Å². The predicted octanol–water partition coefficient (Wildman–Crippen LogP) is 4.19. The van der Waals surface area contributed by atoms with Crippen molar-refractivity contribution in [1.29, 1.82) is 0 Å². The van der Waals surface area contributed by atoms with Gasteiger partial charge in [-0.25, -0.2) is 4.79 Å². The van der Waals surface area contributed by atoms with Gasteiger partial charge in [-0.1, -0.05) is 30.3 Å². The molecule has 2 nitrogen and oxygen atoms in total. The highest BCUT2D eigenvalue weighted by Crippen LogP contribution is 2.27. The largest absolute Gasteiger partial charge is 0.478 e. The molecule has 1 aromatic heterocycles. The van der Waals surface area contributed by atoms with Crippen molar-refractivity contribution in [2.24, 2.45) is 0 Å². The van der Waals surface area contributed by atoms with Gasteiger partial charge in [-0.05, 0) is 46.5 Å². The van der Waals surface area contributed by atoms with Crippen molar-refractivity contribution >= 4 is 27.4 Å². The Morgan fingerprint density at radius 2 is 1.79 bits per heavy atom. The van der Waals surface area contributed by atoms with Crippen LogP contribution in [0.4, 0.5) is 0 Å².